The molecule has 5 heteroatoms. The number of rotatable bonds is 5. The molecular formula is C27H23ClF3N. The average Bonchev–Trinajstić information content (AvgIpc) is 2.77. The highest BCUT2D eigenvalue weighted by atomic mass is 35.5. The number of nitrogens with one attached hydrogen (secondary N) is 1. The van der Waals surface area contributed by atoms with Gasteiger partial charge in [-0.15, -0.1) is 0 Å². The molecule has 0 aliphatic carbocycles. The molecule has 0 radical (unpaired) electrons. The zero-order valence-electron chi connectivity index (χ0n) is 17.7. The van der Waals surface area contributed by atoms with Crippen LogP contribution < -0.4 is 5.32 Å². The monoisotopic (exact) mass is 453 g/mol. The zero-order valence-corrected chi connectivity index (χ0v) is 18.5. The van der Waals surface area contributed by atoms with Crippen LogP contribution in [0.3, 0.4) is 0 Å². The lowest BCUT2D eigenvalue weighted by Crippen LogP contribution is -2.22. The van der Waals surface area contributed by atoms with Crippen LogP contribution in [-0.4, -0.2) is 0 Å². The summed E-state index contributed by atoms with van der Waals surface area (Å²) in [4.78, 5) is 0. The minimum atomic E-state index is -4.38. The van der Waals surface area contributed by atoms with Crippen molar-refractivity contribution in [3.8, 4) is 11.1 Å². The fourth-order valence-electron chi connectivity index (χ4n) is 4.03. The highest BCUT2D eigenvalue weighted by molar-refractivity contribution is 6.30. The molecule has 0 bridgehead atoms. The first-order valence-corrected chi connectivity index (χ1v) is 10.8. The number of hydrogen-bond donors (Lipinski definition) is 1. The van der Waals surface area contributed by atoms with Crippen molar-refractivity contribution in [1.82, 2.24) is 5.32 Å². The molecule has 0 heterocycles. The summed E-state index contributed by atoms with van der Waals surface area (Å²) in [7, 11) is 0. The molecule has 0 spiro atoms. The topological polar surface area (TPSA) is 12.0 Å². The first kappa shape index (κ1) is 22.4. The van der Waals surface area contributed by atoms with E-state index in [1.165, 1.54) is 12.1 Å². The maximum Gasteiger partial charge on any atom is 0.416 e. The van der Waals surface area contributed by atoms with Gasteiger partial charge in [0.2, 0.25) is 0 Å². The second-order valence-electron chi connectivity index (χ2n) is 8.03. The molecule has 4 rings (SSSR count). The molecule has 4 aromatic rings. The van der Waals surface area contributed by atoms with Gasteiger partial charge in [-0.25, -0.2) is 0 Å². The molecule has 0 saturated heterocycles. The Kier molecular flexibility index (Phi) is 6.27. The molecule has 0 aliphatic heterocycles. The van der Waals surface area contributed by atoms with E-state index in [1.54, 1.807) is 6.07 Å². The van der Waals surface area contributed by atoms with E-state index in [2.05, 4.69) is 25.2 Å². The van der Waals surface area contributed by atoms with Gasteiger partial charge >= 0.3 is 6.18 Å². The highest BCUT2D eigenvalue weighted by Gasteiger charge is 2.30. The van der Waals surface area contributed by atoms with Crippen LogP contribution in [0.2, 0.25) is 5.02 Å². The SMILES string of the molecule is CC(N[C@H](C)c1cccc(Cl)c1)c1cc(-c2cccc(C(F)(F)F)c2)c2ccccc2c1. The van der Waals surface area contributed by atoms with Gasteiger partial charge in [0.05, 0.1) is 5.56 Å². The maximum absolute atomic E-state index is 13.3. The van der Waals surface area contributed by atoms with E-state index in [0.29, 0.717) is 10.6 Å². The number of fused-ring (bicyclic) bond motifs is 1. The number of hydrogen-bond acceptors (Lipinski definition) is 1. The Hall–Kier alpha value is -2.82. The average molecular weight is 454 g/mol. The molecule has 1 N–H and O–H groups in total. The van der Waals surface area contributed by atoms with Gasteiger partial charge in [0.15, 0.2) is 0 Å². The summed E-state index contributed by atoms with van der Waals surface area (Å²) >= 11 is 6.13. The molecule has 2 atom stereocenters. The van der Waals surface area contributed by atoms with E-state index in [4.69, 9.17) is 11.6 Å². The van der Waals surface area contributed by atoms with Gasteiger partial charge in [-0.05, 0) is 83.3 Å². The second kappa shape index (κ2) is 8.97. The fraction of sp³-hybridized carbons (Fsp3) is 0.185. The Morgan fingerprint density at radius 2 is 1.47 bits per heavy atom. The Labute approximate surface area is 190 Å². The largest absolute Gasteiger partial charge is 0.416 e. The van der Waals surface area contributed by atoms with E-state index >= 15 is 0 Å². The molecule has 0 fully saturated rings. The van der Waals surface area contributed by atoms with Crippen LogP contribution in [0.1, 0.15) is 42.6 Å². The molecule has 0 aliphatic rings. The van der Waals surface area contributed by atoms with Gasteiger partial charge in [0.25, 0.3) is 0 Å². The molecule has 4 aromatic carbocycles. The first-order valence-electron chi connectivity index (χ1n) is 10.4. The molecule has 1 nitrogen and oxygen atoms in total. The van der Waals surface area contributed by atoms with Crippen molar-refractivity contribution in [3.05, 3.63) is 107 Å². The number of alkyl halides is 3. The van der Waals surface area contributed by atoms with Crippen molar-refractivity contribution < 1.29 is 13.2 Å². The van der Waals surface area contributed by atoms with Crippen LogP contribution in [0, 0.1) is 0 Å². The fourth-order valence-corrected chi connectivity index (χ4v) is 4.23. The van der Waals surface area contributed by atoms with E-state index in [0.717, 1.165) is 33.5 Å². The van der Waals surface area contributed by atoms with Gasteiger partial charge < -0.3 is 5.32 Å². The molecule has 0 saturated carbocycles. The molecule has 164 valence electrons. The Morgan fingerprint density at radius 1 is 0.750 bits per heavy atom. The maximum atomic E-state index is 13.3. The van der Waals surface area contributed by atoms with Crippen molar-refractivity contribution in [3.63, 3.8) is 0 Å². The minimum Gasteiger partial charge on any atom is -0.304 e. The van der Waals surface area contributed by atoms with Crippen molar-refractivity contribution in [2.75, 3.05) is 0 Å². The van der Waals surface area contributed by atoms with E-state index in [1.807, 2.05) is 54.6 Å². The second-order valence-corrected chi connectivity index (χ2v) is 8.47. The lowest BCUT2D eigenvalue weighted by molar-refractivity contribution is -0.137. The molecule has 0 aromatic heterocycles. The molecule has 32 heavy (non-hydrogen) atoms. The third kappa shape index (κ3) is 4.82. The van der Waals surface area contributed by atoms with Crippen molar-refractivity contribution >= 4 is 22.4 Å². The van der Waals surface area contributed by atoms with Crippen molar-refractivity contribution in [2.24, 2.45) is 0 Å². The summed E-state index contributed by atoms with van der Waals surface area (Å²) in [5.74, 6) is 0. The summed E-state index contributed by atoms with van der Waals surface area (Å²) < 4.78 is 40.0. The predicted octanol–water partition coefficient (Wildman–Crippen LogP) is 8.59. The quantitative estimate of drug-likeness (QED) is 0.319. The normalized spacial score (nSPS) is 13.8. The summed E-state index contributed by atoms with van der Waals surface area (Å²) in [5.41, 5.74) is 2.76. The van der Waals surface area contributed by atoms with Gasteiger partial charge in [0.1, 0.15) is 0 Å². The van der Waals surface area contributed by atoms with Crippen LogP contribution in [0.15, 0.2) is 84.9 Å². The lowest BCUT2D eigenvalue weighted by atomic mass is 9.92. The predicted molar refractivity (Wildman–Crippen MR) is 126 cm³/mol. The van der Waals surface area contributed by atoms with Gasteiger partial charge in [-0.1, -0.05) is 60.1 Å². The minimum absolute atomic E-state index is 0.0295. The van der Waals surface area contributed by atoms with E-state index in [9.17, 15) is 13.2 Å². The molecular weight excluding hydrogens is 431 g/mol. The summed E-state index contributed by atoms with van der Waals surface area (Å²) in [5, 5.41) is 6.17. The zero-order chi connectivity index (χ0) is 22.9. The van der Waals surface area contributed by atoms with Crippen LogP contribution in [-0.2, 0) is 6.18 Å². The molecule has 0 amide bonds. The Balaban J connectivity index is 1.74. The highest BCUT2D eigenvalue weighted by Crippen LogP contribution is 2.36. The third-order valence-electron chi connectivity index (χ3n) is 5.73. The molecule has 1 unspecified atom stereocenters. The van der Waals surface area contributed by atoms with E-state index < -0.39 is 11.7 Å². The smallest absolute Gasteiger partial charge is 0.304 e. The Morgan fingerprint density at radius 3 is 2.22 bits per heavy atom. The summed E-state index contributed by atoms with van der Waals surface area (Å²) in [6.07, 6.45) is -4.38. The van der Waals surface area contributed by atoms with E-state index in [-0.39, 0.29) is 12.1 Å². The van der Waals surface area contributed by atoms with Crippen molar-refractivity contribution in [2.45, 2.75) is 32.1 Å². The van der Waals surface area contributed by atoms with Crippen LogP contribution in [0.25, 0.3) is 21.9 Å². The Bertz CT molecular complexity index is 1250. The number of halogens is 4. The van der Waals surface area contributed by atoms with Gasteiger partial charge in [0, 0.05) is 17.1 Å². The van der Waals surface area contributed by atoms with Crippen LogP contribution in [0.5, 0.6) is 0 Å². The first-order chi connectivity index (χ1) is 15.2. The summed E-state index contributed by atoms with van der Waals surface area (Å²) in [6, 6.07) is 25.1. The summed E-state index contributed by atoms with van der Waals surface area (Å²) in [6.45, 7) is 4.12. The van der Waals surface area contributed by atoms with Crippen LogP contribution in [0.4, 0.5) is 13.2 Å². The van der Waals surface area contributed by atoms with Crippen molar-refractivity contribution in [1.29, 1.82) is 0 Å². The third-order valence-corrected chi connectivity index (χ3v) is 5.97. The number of benzene rings is 4. The van der Waals surface area contributed by atoms with Gasteiger partial charge in [-0.3, -0.25) is 0 Å². The lowest BCUT2D eigenvalue weighted by Gasteiger charge is -2.22. The van der Waals surface area contributed by atoms with Crippen LogP contribution >= 0.6 is 11.6 Å². The van der Waals surface area contributed by atoms with Gasteiger partial charge in [-0.2, -0.15) is 13.2 Å². The standard InChI is InChI=1S/C27H23ClF3N/c1-17(19-8-6-11-24(28)15-19)32-18(2)22-13-20-7-3-4-12-25(20)26(16-22)21-9-5-10-23(14-21)27(29,30)31/h3-18,32H,1-2H3/t17-,18?/m1/s1.